The highest BCUT2D eigenvalue weighted by Gasteiger charge is 2.15. The first-order chi connectivity index (χ1) is 16.2. The third kappa shape index (κ3) is 4.25. The summed E-state index contributed by atoms with van der Waals surface area (Å²) in [5.74, 6) is -0.268. The zero-order valence-electron chi connectivity index (χ0n) is 17.6. The van der Waals surface area contributed by atoms with Gasteiger partial charge in [0.25, 0.3) is 5.91 Å². The van der Waals surface area contributed by atoms with Gasteiger partial charge in [-0.05, 0) is 60.2 Å². The summed E-state index contributed by atoms with van der Waals surface area (Å²) in [5.41, 5.74) is 4.85. The van der Waals surface area contributed by atoms with Gasteiger partial charge in [-0.15, -0.1) is 0 Å². The predicted molar refractivity (Wildman–Crippen MR) is 129 cm³/mol. The molecule has 0 aliphatic heterocycles. The van der Waals surface area contributed by atoms with Crippen molar-refractivity contribution < 1.29 is 9.59 Å². The van der Waals surface area contributed by atoms with Crippen molar-refractivity contribution in [2.75, 3.05) is 5.32 Å². The molecule has 5 nitrogen and oxygen atoms in total. The van der Waals surface area contributed by atoms with Gasteiger partial charge in [0.2, 0.25) is 0 Å². The van der Waals surface area contributed by atoms with Gasteiger partial charge < -0.3 is 5.32 Å². The average Bonchev–Trinajstić information content (AvgIpc) is 2.88. The van der Waals surface area contributed by atoms with Gasteiger partial charge in [0.05, 0.1) is 5.52 Å². The summed E-state index contributed by atoms with van der Waals surface area (Å²) in [6, 6.07) is 27.5. The zero-order chi connectivity index (χ0) is 22.6. The molecule has 5 heteroatoms. The Morgan fingerprint density at radius 1 is 0.667 bits per heavy atom. The number of hydrogen-bond acceptors (Lipinski definition) is 4. The van der Waals surface area contributed by atoms with Crippen LogP contribution in [0.1, 0.15) is 26.3 Å². The maximum atomic E-state index is 13.1. The molecule has 158 valence electrons. The van der Waals surface area contributed by atoms with Crippen molar-refractivity contribution in [3.05, 3.63) is 126 Å². The van der Waals surface area contributed by atoms with Crippen molar-refractivity contribution in [2.45, 2.75) is 0 Å². The molecule has 0 radical (unpaired) electrons. The van der Waals surface area contributed by atoms with Gasteiger partial charge in [0, 0.05) is 51.9 Å². The molecule has 1 amide bonds. The number of benzene rings is 3. The largest absolute Gasteiger partial charge is 0.322 e. The Balaban J connectivity index is 1.56. The third-order valence-electron chi connectivity index (χ3n) is 5.38. The van der Waals surface area contributed by atoms with Crippen LogP contribution in [0.5, 0.6) is 0 Å². The molecule has 0 fully saturated rings. The van der Waals surface area contributed by atoms with Gasteiger partial charge in [-0.3, -0.25) is 19.6 Å². The molecule has 0 aliphatic rings. The maximum Gasteiger partial charge on any atom is 0.255 e. The van der Waals surface area contributed by atoms with Gasteiger partial charge in [-0.25, -0.2) is 0 Å². The van der Waals surface area contributed by atoms with Crippen LogP contribution in [0.25, 0.3) is 22.0 Å². The van der Waals surface area contributed by atoms with Crippen molar-refractivity contribution in [1.82, 2.24) is 9.97 Å². The predicted octanol–water partition coefficient (Wildman–Crippen LogP) is 5.78. The molecule has 0 unspecified atom stereocenters. The van der Waals surface area contributed by atoms with Crippen LogP contribution in [0.15, 0.2) is 110 Å². The molecule has 3 aromatic carbocycles. The molecule has 0 bridgehead atoms. The van der Waals surface area contributed by atoms with Crippen molar-refractivity contribution >= 4 is 28.3 Å². The number of anilines is 1. The lowest BCUT2D eigenvalue weighted by Gasteiger charge is -2.12. The number of aromatic nitrogens is 2. The van der Waals surface area contributed by atoms with Gasteiger partial charge in [-0.2, -0.15) is 0 Å². The molecular weight excluding hydrogens is 410 g/mol. The fourth-order valence-corrected chi connectivity index (χ4v) is 3.77. The van der Waals surface area contributed by atoms with E-state index in [1.54, 1.807) is 42.9 Å². The topological polar surface area (TPSA) is 72.0 Å². The molecule has 0 spiro atoms. The van der Waals surface area contributed by atoms with Crippen LogP contribution in [-0.4, -0.2) is 21.7 Å². The molecule has 33 heavy (non-hydrogen) atoms. The minimum absolute atomic E-state index is 0.0852. The van der Waals surface area contributed by atoms with Crippen molar-refractivity contribution in [2.24, 2.45) is 0 Å². The number of fused-ring (bicyclic) bond motifs is 1. The highest BCUT2D eigenvalue weighted by Crippen LogP contribution is 2.31. The molecule has 2 aromatic heterocycles. The smallest absolute Gasteiger partial charge is 0.255 e. The zero-order valence-corrected chi connectivity index (χ0v) is 17.6. The number of hydrogen-bond donors (Lipinski definition) is 1. The number of ketones is 1. The second kappa shape index (κ2) is 8.85. The molecule has 0 aliphatic carbocycles. The summed E-state index contributed by atoms with van der Waals surface area (Å²) >= 11 is 0. The molecule has 1 N–H and O–H groups in total. The Bertz CT molecular complexity index is 1470. The van der Waals surface area contributed by atoms with Crippen LogP contribution >= 0.6 is 0 Å². The Kier molecular flexibility index (Phi) is 5.43. The highest BCUT2D eigenvalue weighted by molar-refractivity contribution is 6.12. The molecule has 5 rings (SSSR count). The SMILES string of the molecule is O=C(Nc1cccc(-c2cc(C(=O)c3ccncc3)cc3cccnc23)c1)c1ccccc1. The van der Waals surface area contributed by atoms with E-state index in [4.69, 9.17) is 0 Å². The number of nitrogens with one attached hydrogen (secondary N) is 1. The fourth-order valence-electron chi connectivity index (χ4n) is 3.77. The fraction of sp³-hybridized carbons (Fsp3) is 0. The van der Waals surface area contributed by atoms with E-state index in [0.29, 0.717) is 22.4 Å². The van der Waals surface area contributed by atoms with Crippen LogP contribution in [-0.2, 0) is 0 Å². The van der Waals surface area contributed by atoms with Crippen LogP contribution in [0.4, 0.5) is 5.69 Å². The Labute approximate surface area is 190 Å². The normalized spacial score (nSPS) is 10.7. The summed E-state index contributed by atoms with van der Waals surface area (Å²) in [6.45, 7) is 0. The molecular formula is C28H19N3O2. The number of carbonyl (C=O) groups excluding carboxylic acids is 2. The van der Waals surface area contributed by atoms with E-state index in [1.807, 2.05) is 66.7 Å². The Morgan fingerprint density at radius 3 is 2.30 bits per heavy atom. The number of nitrogens with zero attached hydrogens (tertiary/aromatic N) is 2. The first-order valence-electron chi connectivity index (χ1n) is 10.5. The minimum atomic E-state index is -0.183. The number of rotatable bonds is 5. The van der Waals surface area contributed by atoms with Crippen molar-refractivity contribution in [1.29, 1.82) is 0 Å². The quantitative estimate of drug-likeness (QED) is 0.360. The van der Waals surface area contributed by atoms with Gasteiger partial charge in [0.15, 0.2) is 5.78 Å². The van der Waals surface area contributed by atoms with Gasteiger partial charge in [-0.1, -0.05) is 36.4 Å². The monoisotopic (exact) mass is 429 g/mol. The summed E-state index contributed by atoms with van der Waals surface area (Å²) < 4.78 is 0. The maximum absolute atomic E-state index is 13.1. The van der Waals surface area contributed by atoms with E-state index in [0.717, 1.165) is 22.0 Å². The highest BCUT2D eigenvalue weighted by atomic mass is 16.1. The van der Waals surface area contributed by atoms with Crippen LogP contribution < -0.4 is 5.32 Å². The second-order valence-corrected chi connectivity index (χ2v) is 7.56. The standard InChI is InChI=1S/C28H19N3O2/c32-27(19-11-14-29-15-12-19)23-16-22-9-5-13-30-26(22)25(18-23)21-8-4-10-24(17-21)31-28(33)20-6-2-1-3-7-20/h1-18H,(H,31,33). The van der Waals surface area contributed by atoms with Crippen molar-refractivity contribution in [3.63, 3.8) is 0 Å². The molecule has 0 saturated carbocycles. The van der Waals surface area contributed by atoms with Crippen LogP contribution in [0.2, 0.25) is 0 Å². The summed E-state index contributed by atoms with van der Waals surface area (Å²) in [5, 5.41) is 3.81. The molecule has 2 heterocycles. The van der Waals surface area contributed by atoms with Gasteiger partial charge >= 0.3 is 0 Å². The second-order valence-electron chi connectivity index (χ2n) is 7.56. The van der Waals surface area contributed by atoms with E-state index >= 15 is 0 Å². The molecule has 0 saturated heterocycles. The van der Waals surface area contributed by atoms with E-state index in [9.17, 15) is 9.59 Å². The molecule has 0 atom stereocenters. The van der Waals surface area contributed by atoms with Crippen LogP contribution in [0.3, 0.4) is 0 Å². The summed E-state index contributed by atoms with van der Waals surface area (Å²) in [6.07, 6.45) is 4.95. The summed E-state index contributed by atoms with van der Waals surface area (Å²) in [7, 11) is 0. The lowest BCUT2D eigenvalue weighted by molar-refractivity contribution is 0.102. The van der Waals surface area contributed by atoms with E-state index in [1.165, 1.54) is 0 Å². The lowest BCUT2D eigenvalue weighted by atomic mass is 9.95. The third-order valence-corrected chi connectivity index (χ3v) is 5.38. The van der Waals surface area contributed by atoms with E-state index in [-0.39, 0.29) is 11.7 Å². The molecule has 5 aromatic rings. The Hall–Kier alpha value is -4.64. The number of pyridine rings is 2. The first kappa shape index (κ1) is 20.3. The average molecular weight is 429 g/mol. The minimum Gasteiger partial charge on any atom is -0.322 e. The van der Waals surface area contributed by atoms with E-state index in [2.05, 4.69) is 15.3 Å². The lowest BCUT2D eigenvalue weighted by Crippen LogP contribution is -2.11. The summed E-state index contributed by atoms with van der Waals surface area (Å²) in [4.78, 5) is 34.3. The Morgan fingerprint density at radius 2 is 1.48 bits per heavy atom. The van der Waals surface area contributed by atoms with Crippen LogP contribution in [0, 0.1) is 0 Å². The number of carbonyl (C=O) groups is 2. The van der Waals surface area contributed by atoms with Crippen molar-refractivity contribution in [3.8, 4) is 11.1 Å². The first-order valence-corrected chi connectivity index (χ1v) is 10.5. The van der Waals surface area contributed by atoms with Gasteiger partial charge in [0.1, 0.15) is 0 Å². The van der Waals surface area contributed by atoms with E-state index < -0.39 is 0 Å². The number of amides is 1.